The van der Waals surface area contributed by atoms with E-state index in [1.54, 1.807) is 12.4 Å². The normalized spacial score (nSPS) is 18.1. The van der Waals surface area contributed by atoms with E-state index in [0.29, 0.717) is 25.6 Å². The molecule has 39 heavy (non-hydrogen) atoms. The van der Waals surface area contributed by atoms with Crippen molar-refractivity contribution in [3.63, 3.8) is 0 Å². The van der Waals surface area contributed by atoms with Crippen LogP contribution in [0.2, 0.25) is 0 Å². The van der Waals surface area contributed by atoms with Gasteiger partial charge in [-0.05, 0) is 61.8 Å². The highest BCUT2D eigenvalue weighted by Crippen LogP contribution is 2.28. The Morgan fingerprint density at radius 2 is 1.82 bits per heavy atom. The van der Waals surface area contributed by atoms with Gasteiger partial charge >= 0.3 is 5.97 Å². The predicted molar refractivity (Wildman–Crippen MR) is 145 cm³/mol. The number of likely N-dealkylation sites (tertiary alicyclic amines) is 1. The smallest absolute Gasteiger partial charge is 0.306 e. The van der Waals surface area contributed by atoms with Gasteiger partial charge in [0.2, 0.25) is 5.91 Å². The molecular weight excluding hydrogens is 496 g/mol. The van der Waals surface area contributed by atoms with Crippen LogP contribution in [-0.2, 0) is 25.7 Å². The number of amides is 1. The molecule has 1 aromatic carbocycles. The van der Waals surface area contributed by atoms with Crippen molar-refractivity contribution in [3.05, 3.63) is 66.5 Å². The molecule has 2 aliphatic rings. The van der Waals surface area contributed by atoms with Crippen LogP contribution in [0, 0.1) is 5.92 Å². The summed E-state index contributed by atoms with van der Waals surface area (Å²) in [5.41, 5.74) is 2.71. The molecule has 0 N–H and O–H groups in total. The Bertz CT molecular complexity index is 1200. The first-order chi connectivity index (χ1) is 19.2. The molecule has 2 saturated heterocycles. The van der Waals surface area contributed by atoms with E-state index in [-0.39, 0.29) is 37.6 Å². The Hall–Kier alpha value is -3.72. The molecule has 1 atom stereocenters. The van der Waals surface area contributed by atoms with E-state index in [2.05, 4.69) is 10.1 Å². The third kappa shape index (κ3) is 7.44. The van der Waals surface area contributed by atoms with E-state index in [1.165, 1.54) is 0 Å². The van der Waals surface area contributed by atoms with Crippen LogP contribution in [0.25, 0.3) is 11.4 Å². The average molecular weight is 533 g/mol. The molecule has 206 valence electrons. The molecule has 0 aliphatic carbocycles. The summed E-state index contributed by atoms with van der Waals surface area (Å²) in [6.45, 7) is 2.94. The molecule has 2 aliphatic heterocycles. The van der Waals surface area contributed by atoms with E-state index in [9.17, 15) is 9.59 Å². The van der Waals surface area contributed by atoms with Crippen LogP contribution in [0.1, 0.15) is 56.7 Å². The van der Waals surface area contributed by atoms with Crippen LogP contribution in [0.3, 0.4) is 0 Å². The lowest BCUT2D eigenvalue weighted by molar-refractivity contribution is -0.147. The van der Waals surface area contributed by atoms with Gasteiger partial charge in [-0.3, -0.25) is 14.6 Å². The highest BCUT2D eigenvalue weighted by molar-refractivity contribution is 5.81. The first-order valence-corrected chi connectivity index (χ1v) is 13.9. The Morgan fingerprint density at radius 1 is 0.974 bits per heavy atom. The average Bonchev–Trinajstić information content (AvgIpc) is 3.49. The number of piperidine rings is 1. The van der Waals surface area contributed by atoms with Gasteiger partial charge in [-0.2, -0.15) is 5.10 Å². The molecule has 5 rings (SSSR count). The number of nitrogens with zero attached hydrogens (tertiary/aromatic N) is 4. The van der Waals surface area contributed by atoms with E-state index in [1.807, 2.05) is 58.1 Å². The molecular formula is C30H36N4O5. The maximum absolute atomic E-state index is 12.6. The molecule has 2 aromatic heterocycles. The summed E-state index contributed by atoms with van der Waals surface area (Å²) in [5.74, 6) is 0.756. The molecule has 0 radical (unpaired) electrons. The fourth-order valence-electron chi connectivity index (χ4n) is 5.02. The van der Waals surface area contributed by atoms with Crippen LogP contribution in [-0.4, -0.2) is 57.8 Å². The summed E-state index contributed by atoms with van der Waals surface area (Å²) in [5, 5.41) is 4.46. The number of benzene rings is 1. The van der Waals surface area contributed by atoms with Crippen molar-refractivity contribution < 1.29 is 23.8 Å². The quantitative estimate of drug-likeness (QED) is 0.347. The van der Waals surface area contributed by atoms with Crippen molar-refractivity contribution in [3.8, 4) is 17.1 Å². The minimum Gasteiger partial charge on any atom is -0.492 e. The van der Waals surface area contributed by atoms with E-state index in [4.69, 9.17) is 14.2 Å². The highest BCUT2D eigenvalue weighted by atomic mass is 16.5. The number of esters is 1. The molecule has 3 aromatic rings. The van der Waals surface area contributed by atoms with Crippen molar-refractivity contribution in [1.82, 2.24) is 19.7 Å². The monoisotopic (exact) mass is 532 g/mol. The van der Waals surface area contributed by atoms with Gasteiger partial charge in [0.05, 0.1) is 30.6 Å². The topological polar surface area (TPSA) is 95.8 Å². The zero-order chi connectivity index (χ0) is 26.9. The molecule has 0 saturated carbocycles. The number of aromatic nitrogens is 3. The van der Waals surface area contributed by atoms with Crippen molar-refractivity contribution in [2.75, 3.05) is 26.3 Å². The van der Waals surface area contributed by atoms with Gasteiger partial charge < -0.3 is 19.1 Å². The van der Waals surface area contributed by atoms with Gasteiger partial charge in [0.15, 0.2) is 6.23 Å². The summed E-state index contributed by atoms with van der Waals surface area (Å²) in [4.78, 5) is 31.1. The van der Waals surface area contributed by atoms with Gasteiger partial charge in [0, 0.05) is 32.3 Å². The zero-order valence-corrected chi connectivity index (χ0v) is 22.2. The molecule has 4 heterocycles. The number of pyridine rings is 1. The SMILES string of the molecule is O=C(CCC(=O)N1CCC(COc2ccc(-c3ccnn3C3CCCCO3)nc2)CC1)OCc1ccccc1. The highest BCUT2D eigenvalue weighted by Gasteiger charge is 2.24. The Kier molecular flexibility index (Phi) is 9.21. The second-order valence-electron chi connectivity index (χ2n) is 10.1. The molecule has 1 amide bonds. The third-order valence-electron chi connectivity index (χ3n) is 7.34. The molecule has 0 spiro atoms. The lowest BCUT2D eigenvalue weighted by Gasteiger charge is -2.32. The number of carbonyl (C=O) groups excluding carboxylic acids is 2. The van der Waals surface area contributed by atoms with Crippen molar-refractivity contribution in [2.45, 2.75) is 57.8 Å². The number of carbonyl (C=O) groups is 2. The van der Waals surface area contributed by atoms with E-state index < -0.39 is 0 Å². The molecule has 1 unspecified atom stereocenters. The maximum Gasteiger partial charge on any atom is 0.306 e. The summed E-state index contributed by atoms with van der Waals surface area (Å²) >= 11 is 0. The van der Waals surface area contributed by atoms with Gasteiger partial charge in [0.1, 0.15) is 12.4 Å². The van der Waals surface area contributed by atoms with Crippen molar-refractivity contribution >= 4 is 11.9 Å². The Labute approximate surface area is 229 Å². The molecule has 2 fully saturated rings. The largest absolute Gasteiger partial charge is 0.492 e. The maximum atomic E-state index is 12.6. The van der Waals surface area contributed by atoms with Crippen LogP contribution in [0.5, 0.6) is 5.75 Å². The van der Waals surface area contributed by atoms with Crippen molar-refractivity contribution in [1.29, 1.82) is 0 Å². The Morgan fingerprint density at radius 3 is 2.56 bits per heavy atom. The lowest BCUT2D eigenvalue weighted by Crippen LogP contribution is -2.39. The fourth-order valence-corrected chi connectivity index (χ4v) is 5.02. The minimum absolute atomic E-state index is 0.00341. The lowest BCUT2D eigenvalue weighted by atomic mass is 9.97. The first kappa shape index (κ1) is 26.9. The molecule has 9 heteroatoms. The number of rotatable bonds is 10. The number of ether oxygens (including phenoxy) is 3. The number of hydrogen-bond acceptors (Lipinski definition) is 7. The Balaban J connectivity index is 1.01. The van der Waals surface area contributed by atoms with Crippen molar-refractivity contribution in [2.24, 2.45) is 5.92 Å². The van der Waals surface area contributed by atoms with E-state index in [0.717, 1.165) is 61.4 Å². The molecule has 0 bridgehead atoms. The van der Waals surface area contributed by atoms with Crippen LogP contribution in [0.4, 0.5) is 0 Å². The standard InChI is InChI=1S/C30H36N4O5/c35-28(11-12-30(36)39-22-23-6-2-1-3-7-23)33-17-14-24(15-18-33)21-38-25-9-10-26(31-20-25)27-13-16-32-34(27)29-8-4-5-19-37-29/h1-3,6-7,9-10,13,16,20,24,29H,4-5,8,11-12,14-15,17-19,21-22H2. The summed E-state index contributed by atoms with van der Waals surface area (Å²) < 4.78 is 19.1. The van der Waals surface area contributed by atoms with Gasteiger partial charge in [-0.1, -0.05) is 30.3 Å². The second-order valence-corrected chi connectivity index (χ2v) is 10.1. The third-order valence-corrected chi connectivity index (χ3v) is 7.34. The van der Waals surface area contributed by atoms with Gasteiger partial charge in [0.25, 0.3) is 0 Å². The summed E-state index contributed by atoms with van der Waals surface area (Å²) in [7, 11) is 0. The van der Waals surface area contributed by atoms with E-state index >= 15 is 0 Å². The fraction of sp³-hybridized carbons (Fsp3) is 0.467. The summed E-state index contributed by atoms with van der Waals surface area (Å²) in [6, 6.07) is 15.4. The first-order valence-electron chi connectivity index (χ1n) is 13.9. The van der Waals surface area contributed by atoms with Crippen LogP contribution in [0.15, 0.2) is 60.9 Å². The zero-order valence-electron chi connectivity index (χ0n) is 22.2. The van der Waals surface area contributed by atoms with Crippen LogP contribution >= 0.6 is 0 Å². The summed E-state index contributed by atoms with van der Waals surface area (Å²) in [6.07, 6.45) is 8.73. The predicted octanol–water partition coefficient (Wildman–Crippen LogP) is 4.79. The second kappa shape index (κ2) is 13.4. The van der Waals surface area contributed by atoms with Gasteiger partial charge in [-0.15, -0.1) is 0 Å². The molecule has 9 nitrogen and oxygen atoms in total. The van der Waals surface area contributed by atoms with Gasteiger partial charge in [-0.25, -0.2) is 4.68 Å². The van der Waals surface area contributed by atoms with Crippen LogP contribution < -0.4 is 4.74 Å². The minimum atomic E-state index is -0.345. The number of hydrogen-bond donors (Lipinski definition) is 0.